The maximum Gasteiger partial charge on any atom is 0.0693 e. The molecule has 2 atom stereocenters. The third-order valence-electron chi connectivity index (χ3n) is 2.62. The summed E-state index contributed by atoms with van der Waals surface area (Å²) in [4.78, 5) is 0. The van der Waals surface area contributed by atoms with Crippen molar-refractivity contribution >= 4 is 0 Å². The van der Waals surface area contributed by atoms with Crippen molar-refractivity contribution in [1.29, 1.82) is 0 Å². The van der Waals surface area contributed by atoms with Crippen molar-refractivity contribution in [1.82, 2.24) is 5.32 Å². The highest BCUT2D eigenvalue weighted by molar-refractivity contribution is 4.83. The van der Waals surface area contributed by atoms with E-state index >= 15 is 0 Å². The highest BCUT2D eigenvalue weighted by Gasteiger charge is 2.24. The van der Waals surface area contributed by atoms with Gasteiger partial charge in [0.1, 0.15) is 0 Å². The number of rotatable bonds is 4. The number of hydrogen-bond acceptors (Lipinski definition) is 4. The van der Waals surface area contributed by atoms with Crippen LogP contribution in [-0.2, 0) is 0 Å². The van der Waals surface area contributed by atoms with Gasteiger partial charge in [-0.2, -0.15) is 0 Å². The van der Waals surface area contributed by atoms with Gasteiger partial charge in [0.2, 0.25) is 0 Å². The summed E-state index contributed by atoms with van der Waals surface area (Å²) >= 11 is 0. The van der Waals surface area contributed by atoms with Crippen LogP contribution in [0.4, 0.5) is 0 Å². The van der Waals surface area contributed by atoms with Gasteiger partial charge >= 0.3 is 0 Å². The SMILES string of the molecule is OCC(CO)N[C@@H]1CCCC[C@H]1O. The quantitative estimate of drug-likeness (QED) is 0.469. The molecule has 0 aromatic carbocycles. The zero-order valence-corrected chi connectivity index (χ0v) is 7.82. The summed E-state index contributed by atoms with van der Waals surface area (Å²) in [6.07, 6.45) is 3.61. The Hall–Kier alpha value is -0.160. The fraction of sp³-hybridized carbons (Fsp3) is 1.00. The third kappa shape index (κ3) is 3.23. The van der Waals surface area contributed by atoms with Gasteiger partial charge in [-0.15, -0.1) is 0 Å². The van der Waals surface area contributed by atoms with E-state index in [4.69, 9.17) is 10.2 Å². The lowest BCUT2D eigenvalue weighted by atomic mass is 9.92. The molecular formula is C9H19NO3. The molecule has 0 bridgehead atoms. The summed E-state index contributed by atoms with van der Waals surface area (Å²) in [5.41, 5.74) is 0. The van der Waals surface area contributed by atoms with Crippen LogP contribution in [0, 0.1) is 0 Å². The van der Waals surface area contributed by atoms with Crippen LogP contribution in [0.2, 0.25) is 0 Å². The van der Waals surface area contributed by atoms with Crippen LogP contribution in [0.15, 0.2) is 0 Å². The van der Waals surface area contributed by atoms with Crippen LogP contribution in [-0.4, -0.2) is 46.7 Å². The van der Waals surface area contributed by atoms with Gasteiger partial charge < -0.3 is 20.6 Å². The first-order chi connectivity index (χ1) is 6.27. The standard InChI is InChI=1S/C9H19NO3/c11-5-7(6-12)10-8-3-1-2-4-9(8)13/h7-13H,1-6H2/t8-,9-/m1/s1. The zero-order chi connectivity index (χ0) is 9.68. The molecule has 0 radical (unpaired) electrons. The summed E-state index contributed by atoms with van der Waals surface area (Å²) in [6.45, 7) is -0.167. The maximum absolute atomic E-state index is 9.58. The molecule has 4 N–H and O–H groups in total. The first-order valence-corrected chi connectivity index (χ1v) is 4.93. The lowest BCUT2D eigenvalue weighted by Gasteiger charge is -2.31. The van der Waals surface area contributed by atoms with E-state index in [2.05, 4.69) is 5.32 Å². The summed E-state index contributed by atoms with van der Waals surface area (Å²) in [7, 11) is 0. The molecular weight excluding hydrogens is 170 g/mol. The average molecular weight is 189 g/mol. The third-order valence-corrected chi connectivity index (χ3v) is 2.62. The molecule has 0 saturated heterocycles. The Morgan fingerprint density at radius 1 is 1.15 bits per heavy atom. The van der Waals surface area contributed by atoms with Gasteiger partial charge in [0, 0.05) is 6.04 Å². The molecule has 1 saturated carbocycles. The Labute approximate surface area is 78.6 Å². The second-order valence-corrected chi connectivity index (χ2v) is 3.69. The van der Waals surface area contributed by atoms with E-state index in [0.29, 0.717) is 0 Å². The van der Waals surface area contributed by atoms with Crippen molar-refractivity contribution in [3.63, 3.8) is 0 Å². The molecule has 4 heteroatoms. The molecule has 4 nitrogen and oxygen atoms in total. The first kappa shape index (κ1) is 10.9. The molecule has 1 rings (SSSR count). The van der Waals surface area contributed by atoms with Crippen molar-refractivity contribution in [2.45, 2.75) is 43.9 Å². The zero-order valence-electron chi connectivity index (χ0n) is 7.82. The molecule has 0 spiro atoms. The number of aliphatic hydroxyl groups excluding tert-OH is 3. The number of aliphatic hydroxyl groups is 3. The van der Waals surface area contributed by atoms with E-state index in [1.807, 2.05) is 0 Å². The van der Waals surface area contributed by atoms with Crippen molar-refractivity contribution in [3.8, 4) is 0 Å². The highest BCUT2D eigenvalue weighted by atomic mass is 16.3. The van der Waals surface area contributed by atoms with Crippen molar-refractivity contribution in [2.75, 3.05) is 13.2 Å². The molecule has 0 unspecified atom stereocenters. The van der Waals surface area contributed by atoms with Gasteiger partial charge in [0.05, 0.1) is 25.4 Å². The lowest BCUT2D eigenvalue weighted by Crippen LogP contribution is -2.49. The monoisotopic (exact) mass is 189 g/mol. The first-order valence-electron chi connectivity index (χ1n) is 4.93. The van der Waals surface area contributed by atoms with E-state index in [1.165, 1.54) is 0 Å². The molecule has 1 aliphatic carbocycles. The minimum atomic E-state index is -0.325. The summed E-state index contributed by atoms with van der Waals surface area (Å²) in [5, 5.41) is 30.3. The lowest BCUT2D eigenvalue weighted by molar-refractivity contribution is 0.0687. The topological polar surface area (TPSA) is 72.7 Å². The minimum absolute atomic E-state index is 0.0399. The Kier molecular flexibility index (Phi) is 4.66. The van der Waals surface area contributed by atoms with Crippen molar-refractivity contribution in [3.05, 3.63) is 0 Å². The molecule has 13 heavy (non-hydrogen) atoms. The van der Waals surface area contributed by atoms with Crippen LogP contribution >= 0.6 is 0 Å². The van der Waals surface area contributed by atoms with Gasteiger partial charge in [-0.05, 0) is 12.8 Å². The molecule has 0 aromatic heterocycles. The van der Waals surface area contributed by atoms with Gasteiger partial charge in [0.25, 0.3) is 0 Å². The van der Waals surface area contributed by atoms with Crippen LogP contribution in [0.1, 0.15) is 25.7 Å². The fourth-order valence-corrected chi connectivity index (χ4v) is 1.77. The Morgan fingerprint density at radius 3 is 2.31 bits per heavy atom. The molecule has 0 aliphatic heterocycles. The second-order valence-electron chi connectivity index (χ2n) is 3.69. The average Bonchev–Trinajstić information content (AvgIpc) is 2.17. The van der Waals surface area contributed by atoms with E-state index < -0.39 is 0 Å². The predicted octanol–water partition coefficient (Wildman–Crippen LogP) is -0.767. The van der Waals surface area contributed by atoms with E-state index in [9.17, 15) is 5.11 Å². The largest absolute Gasteiger partial charge is 0.395 e. The van der Waals surface area contributed by atoms with Crippen molar-refractivity contribution < 1.29 is 15.3 Å². The fourth-order valence-electron chi connectivity index (χ4n) is 1.77. The number of nitrogens with one attached hydrogen (secondary N) is 1. The molecule has 0 aromatic rings. The van der Waals surface area contributed by atoms with E-state index in [-0.39, 0.29) is 31.4 Å². The Balaban J connectivity index is 2.32. The highest BCUT2D eigenvalue weighted by Crippen LogP contribution is 2.18. The van der Waals surface area contributed by atoms with E-state index in [1.54, 1.807) is 0 Å². The summed E-state index contributed by atoms with van der Waals surface area (Å²) in [6, 6.07) is -0.254. The molecule has 1 fully saturated rings. The van der Waals surface area contributed by atoms with Crippen LogP contribution < -0.4 is 5.32 Å². The van der Waals surface area contributed by atoms with Gasteiger partial charge in [-0.3, -0.25) is 0 Å². The van der Waals surface area contributed by atoms with Crippen molar-refractivity contribution in [2.24, 2.45) is 0 Å². The Morgan fingerprint density at radius 2 is 1.77 bits per heavy atom. The van der Waals surface area contributed by atoms with Gasteiger partial charge in [-0.1, -0.05) is 12.8 Å². The maximum atomic E-state index is 9.58. The molecule has 78 valence electrons. The predicted molar refractivity (Wildman–Crippen MR) is 49.4 cm³/mol. The molecule has 1 aliphatic rings. The van der Waals surface area contributed by atoms with Crippen LogP contribution in [0.3, 0.4) is 0 Å². The second kappa shape index (κ2) is 5.54. The number of hydrogen-bond donors (Lipinski definition) is 4. The molecule has 0 amide bonds. The summed E-state index contributed by atoms with van der Waals surface area (Å²) < 4.78 is 0. The summed E-state index contributed by atoms with van der Waals surface area (Å²) in [5.74, 6) is 0. The van der Waals surface area contributed by atoms with Gasteiger partial charge in [0.15, 0.2) is 0 Å². The molecule has 0 heterocycles. The van der Waals surface area contributed by atoms with E-state index in [0.717, 1.165) is 25.7 Å². The smallest absolute Gasteiger partial charge is 0.0693 e. The Bertz CT molecular complexity index is 139. The minimum Gasteiger partial charge on any atom is -0.395 e. The van der Waals surface area contributed by atoms with Crippen LogP contribution in [0.25, 0.3) is 0 Å². The van der Waals surface area contributed by atoms with Crippen LogP contribution in [0.5, 0.6) is 0 Å². The normalized spacial score (nSPS) is 29.5. The van der Waals surface area contributed by atoms with Gasteiger partial charge in [-0.25, -0.2) is 0 Å².